The van der Waals surface area contributed by atoms with Crippen LogP contribution in [0.3, 0.4) is 0 Å². The summed E-state index contributed by atoms with van der Waals surface area (Å²) >= 11 is 5.66. The SMILES string of the molecule is O=C(NCc1ccc(F)cc1F)c1cc(F)cnc1Cl. The number of hydrogen-bond acceptors (Lipinski definition) is 2. The number of carbonyl (C=O) groups excluding carboxylic acids is 1. The molecule has 0 radical (unpaired) electrons. The molecule has 0 spiro atoms. The van der Waals surface area contributed by atoms with Crippen LogP contribution in [0.25, 0.3) is 0 Å². The van der Waals surface area contributed by atoms with Gasteiger partial charge in [0, 0.05) is 18.2 Å². The highest BCUT2D eigenvalue weighted by atomic mass is 35.5. The lowest BCUT2D eigenvalue weighted by atomic mass is 10.2. The van der Waals surface area contributed by atoms with Gasteiger partial charge in [0.15, 0.2) is 0 Å². The van der Waals surface area contributed by atoms with E-state index in [0.29, 0.717) is 6.07 Å². The maximum atomic E-state index is 13.4. The summed E-state index contributed by atoms with van der Waals surface area (Å²) in [5.74, 6) is -2.91. The number of halogens is 4. The van der Waals surface area contributed by atoms with Gasteiger partial charge in [0.2, 0.25) is 0 Å². The monoisotopic (exact) mass is 300 g/mol. The number of benzene rings is 1. The Morgan fingerprint density at radius 1 is 1.20 bits per heavy atom. The van der Waals surface area contributed by atoms with Crippen LogP contribution >= 0.6 is 11.6 Å². The Balaban J connectivity index is 2.10. The largest absolute Gasteiger partial charge is 0.348 e. The van der Waals surface area contributed by atoms with Crippen LogP contribution in [0.15, 0.2) is 30.5 Å². The second-order valence-corrected chi connectivity index (χ2v) is 4.27. The van der Waals surface area contributed by atoms with Gasteiger partial charge in [-0.1, -0.05) is 17.7 Å². The van der Waals surface area contributed by atoms with Crippen molar-refractivity contribution in [3.8, 4) is 0 Å². The fourth-order valence-electron chi connectivity index (χ4n) is 1.52. The zero-order valence-corrected chi connectivity index (χ0v) is 10.7. The molecule has 0 unspecified atom stereocenters. The van der Waals surface area contributed by atoms with Gasteiger partial charge in [0.05, 0.1) is 11.8 Å². The van der Waals surface area contributed by atoms with Crippen LogP contribution in [0.5, 0.6) is 0 Å². The second-order valence-electron chi connectivity index (χ2n) is 3.91. The van der Waals surface area contributed by atoms with Crippen LogP contribution < -0.4 is 5.32 Å². The van der Waals surface area contributed by atoms with Crippen LogP contribution in [0.2, 0.25) is 5.15 Å². The number of aromatic nitrogens is 1. The first-order valence-corrected chi connectivity index (χ1v) is 5.88. The maximum absolute atomic E-state index is 13.4. The Morgan fingerprint density at radius 3 is 2.65 bits per heavy atom. The number of amides is 1. The van der Waals surface area contributed by atoms with Gasteiger partial charge in [-0.25, -0.2) is 18.2 Å². The average molecular weight is 301 g/mol. The predicted octanol–water partition coefficient (Wildman–Crippen LogP) is 3.08. The second kappa shape index (κ2) is 5.92. The molecule has 0 aliphatic heterocycles. The molecule has 0 fully saturated rings. The molecular weight excluding hydrogens is 293 g/mol. The van der Waals surface area contributed by atoms with Crippen molar-refractivity contribution in [2.24, 2.45) is 0 Å². The maximum Gasteiger partial charge on any atom is 0.254 e. The van der Waals surface area contributed by atoms with E-state index in [2.05, 4.69) is 10.3 Å². The summed E-state index contributed by atoms with van der Waals surface area (Å²) in [5.41, 5.74) is -0.0607. The van der Waals surface area contributed by atoms with Gasteiger partial charge in [-0.2, -0.15) is 0 Å². The van der Waals surface area contributed by atoms with Gasteiger partial charge in [-0.15, -0.1) is 0 Å². The summed E-state index contributed by atoms with van der Waals surface area (Å²) in [6, 6.07) is 3.90. The summed E-state index contributed by atoms with van der Waals surface area (Å²) in [7, 11) is 0. The van der Waals surface area contributed by atoms with Gasteiger partial charge in [-0.05, 0) is 12.1 Å². The molecular formula is C13H8ClF3N2O. The van der Waals surface area contributed by atoms with Crippen molar-refractivity contribution in [2.75, 3.05) is 0 Å². The lowest BCUT2D eigenvalue weighted by Crippen LogP contribution is -2.24. The highest BCUT2D eigenvalue weighted by Crippen LogP contribution is 2.14. The normalized spacial score (nSPS) is 10.4. The standard InChI is InChI=1S/C13H8ClF3N2O/c14-12-10(3-9(16)6-18-12)13(20)19-5-7-1-2-8(15)4-11(7)17/h1-4,6H,5H2,(H,19,20). The molecule has 0 aliphatic rings. The number of carbonyl (C=O) groups is 1. The van der Waals surface area contributed by atoms with Crippen molar-refractivity contribution >= 4 is 17.5 Å². The molecule has 3 nitrogen and oxygen atoms in total. The van der Waals surface area contributed by atoms with Crippen molar-refractivity contribution in [3.05, 3.63) is 64.2 Å². The molecule has 2 aromatic rings. The summed E-state index contributed by atoms with van der Waals surface area (Å²) in [4.78, 5) is 15.3. The number of nitrogens with zero attached hydrogens (tertiary/aromatic N) is 1. The Labute approximate surface area is 117 Å². The Bertz CT molecular complexity index is 664. The summed E-state index contributed by atoms with van der Waals surface area (Å²) in [6.45, 7) is -0.183. The molecule has 0 saturated carbocycles. The van der Waals surface area contributed by atoms with Gasteiger partial charge < -0.3 is 5.32 Å². The molecule has 0 bridgehead atoms. The first-order valence-electron chi connectivity index (χ1n) is 5.50. The lowest BCUT2D eigenvalue weighted by Gasteiger charge is -2.07. The molecule has 0 atom stereocenters. The zero-order chi connectivity index (χ0) is 14.7. The molecule has 1 N–H and O–H groups in total. The minimum Gasteiger partial charge on any atom is -0.348 e. The van der Waals surface area contributed by atoms with E-state index in [1.54, 1.807) is 0 Å². The Morgan fingerprint density at radius 2 is 1.95 bits per heavy atom. The smallest absolute Gasteiger partial charge is 0.254 e. The number of pyridine rings is 1. The summed E-state index contributed by atoms with van der Waals surface area (Å²) in [6.07, 6.45) is 0.874. The lowest BCUT2D eigenvalue weighted by molar-refractivity contribution is 0.0950. The van der Waals surface area contributed by atoms with Gasteiger partial charge in [-0.3, -0.25) is 4.79 Å². The fraction of sp³-hybridized carbons (Fsp3) is 0.0769. The third kappa shape index (κ3) is 3.27. The van der Waals surface area contributed by atoms with Crippen LogP contribution in [-0.4, -0.2) is 10.9 Å². The van der Waals surface area contributed by atoms with Crippen molar-refractivity contribution in [1.82, 2.24) is 10.3 Å². The van der Waals surface area contributed by atoms with E-state index in [0.717, 1.165) is 18.3 Å². The molecule has 0 aliphatic carbocycles. The topological polar surface area (TPSA) is 42.0 Å². The Kier molecular flexibility index (Phi) is 4.24. The van der Waals surface area contributed by atoms with Crippen molar-refractivity contribution in [1.29, 1.82) is 0 Å². The number of hydrogen-bond donors (Lipinski definition) is 1. The third-order valence-corrected chi connectivity index (χ3v) is 2.81. The highest BCUT2D eigenvalue weighted by Gasteiger charge is 2.13. The van der Waals surface area contributed by atoms with E-state index < -0.39 is 23.4 Å². The van der Waals surface area contributed by atoms with E-state index in [1.165, 1.54) is 6.07 Å². The zero-order valence-electron chi connectivity index (χ0n) is 9.96. The Hall–Kier alpha value is -2.08. The minimum absolute atomic E-state index is 0.0974. The molecule has 104 valence electrons. The number of nitrogens with one attached hydrogen (secondary N) is 1. The molecule has 1 aromatic heterocycles. The molecule has 1 aromatic carbocycles. The quantitative estimate of drug-likeness (QED) is 0.885. The summed E-state index contributed by atoms with van der Waals surface area (Å²) < 4.78 is 39.0. The summed E-state index contributed by atoms with van der Waals surface area (Å²) in [5, 5.41) is 2.19. The highest BCUT2D eigenvalue weighted by molar-refractivity contribution is 6.32. The van der Waals surface area contributed by atoms with E-state index >= 15 is 0 Å². The first kappa shape index (κ1) is 14.3. The molecule has 1 heterocycles. The fourth-order valence-corrected chi connectivity index (χ4v) is 1.71. The van der Waals surface area contributed by atoms with E-state index in [4.69, 9.17) is 11.6 Å². The molecule has 2 rings (SSSR count). The van der Waals surface area contributed by atoms with Crippen LogP contribution in [-0.2, 0) is 6.54 Å². The van der Waals surface area contributed by atoms with E-state index in [9.17, 15) is 18.0 Å². The van der Waals surface area contributed by atoms with Crippen LogP contribution in [0, 0.1) is 17.5 Å². The molecule has 7 heteroatoms. The average Bonchev–Trinajstić information content (AvgIpc) is 2.40. The van der Waals surface area contributed by atoms with Crippen LogP contribution in [0.4, 0.5) is 13.2 Å². The molecule has 20 heavy (non-hydrogen) atoms. The first-order chi connectivity index (χ1) is 9.47. The molecule has 0 saturated heterocycles. The van der Waals surface area contributed by atoms with Crippen molar-refractivity contribution in [2.45, 2.75) is 6.54 Å². The van der Waals surface area contributed by atoms with Crippen LogP contribution in [0.1, 0.15) is 15.9 Å². The van der Waals surface area contributed by atoms with Gasteiger partial charge in [0.1, 0.15) is 22.6 Å². The third-order valence-electron chi connectivity index (χ3n) is 2.50. The molecule has 1 amide bonds. The van der Waals surface area contributed by atoms with Crippen molar-refractivity contribution < 1.29 is 18.0 Å². The predicted molar refractivity (Wildman–Crippen MR) is 66.7 cm³/mol. The minimum atomic E-state index is -0.784. The van der Waals surface area contributed by atoms with Gasteiger partial charge in [0.25, 0.3) is 5.91 Å². The van der Waals surface area contributed by atoms with Gasteiger partial charge >= 0.3 is 0 Å². The van der Waals surface area contributed by atoms with Crippen molar-refractivity contribution in [3.63, 3.8) is 0 Å². The van der Waals surface area contributed by atoms with E-state index in [1.807, 2.05) is 0 Å². The number of rotatable bonds is 3. The van der Waals surface area contributed by atoms with E-state index in [-0.39, 0.29) is 22.8 Å².